The number of aromatic nitrogens is 2. The molecular formula is C19H24N4O. The fourth-order valence-electron chi connectivity index (χ4n) is 3.91. The molecule has 2 atom stereocenters. The van der Waals surface area contributed by atoms with E-state index in [4.69, 9.17) is 0 Å². The number of carbonyl (C=O) groups excluding carboxylic acids is 1. The largest absolute Gasteiger partial charge is 0.337 e. The van der Waals surface area contributed by atoms with Crippen molar-refractivity contribution in [2.24, 2.45) is 0 Å². The second-order valence-electron chi connectivity index (χ2n) is 6.95. The van der Waals surface area contributed by atoms with Crippen molar-refractivity contribution in [3.8, 4) is 0 Å². The minimum absolute atomic E-state index is 0.0110. The number of benzene rings is 1. The molecule has 0 saturated carbocycles. The standard InChI is InChI=1S/C19H24N4O/c1-15-19(24)23-11-2-4-18(23)14-21(15)12-16-5-7-17(8-6-16)13-22-10-3-9-20-22/h3,5-10,15,18H,2,4,11-14H2,1H3/t15-,18+/m1/s1. The molecule has 0 spiro atoms. The molecule has 2 saturated heterocycles. The van der Waals surface area contributed by atoms with Gasteiger partial charge in [-0.15, -0.1) is 0 Å². The van der Waals surface area contributed by atoms with E-state index >= 15 is 0 Å². The van der Waals surface area contributed by atoms with Gasteiger partial charge in [-0.1, -0.05) is 24.3 Å². The van der Waals surface area contributed by atoms with Crippen LogP contribution in [0.2, 0.25) is 0 Å². The molecule has 126 valence electrons. The summed E-state index contributed by atoms with van der Waals surface area (Å²) in [5.74, 6) is 0.305. The number of hydrogen-bond acceptors (Lipinski definition) is 3. The fourth-order valence-corrected chi connectivity index (χ4v) is 3.91. The number of fused-ring (bicyclic) bond motifs is 1. The molecule has 1 aromatic heterocycles. The maximum Gasteiger partial charge on any atom is 0.239 e. The zero-order chi connectivity index (χ0) is 16.5. The van der Waals surface area contributed by atoms with Crippen LogP contribution >= 0.6 is 0 Å². The molecule has 0 aliphatic carbocycles. The summed E-state index contributed by atoms with van der Waals surface area (Å²) in [4.78, 5) is 16.9. The predicted molar refractivity (Wildman–Crippen MR) is 92.4 cm³/mol. The fraction of sp³-hybridized carbons (Fsp3) is 0.474. The van der Waals surface area contributed by atoms with Crippen LogP contribution in [0.4, 0.5) is 0 Å². The lowest BCUT2D eigenvalue weighted by atomic mass is 10.1. The lowest BCUT2D eigenvalue weighted by molar-refractivity contribution is -0.143. The number of nitrogens with zero attached hydrogens (tertiary/aromatic N) is 4. The lowest BCUT2D eigenvalue weighted by Gasteiger charge is -2.41. The minimum Gasteiger partial charge on any atom is -0.337 e. The van der Waals surface area contributed by atoms with Gasteiger partial charge in [-0.3, -0.25) is 14.4 Å². The third kappa shape index (κ3) is 2.96. The van der Waals surface area contributed by atoms with Crippen molar-refractivity contribution >= 4 is 5.91 Å². The topological polar surface area (TPSA) is 41.4 Å². The van der Waals surface area contributed by atoms with Crippen LogP contribution in [0.5, 0.6) is 0 Å². The van der Waals surface area contributed by atoms with E-state index in [1.165, 1.54) is 11.1 Å². The maximum absolute atomic E-state index is 12.5. The minimum atomic E-state index is -0.0110. The summed E-state index contributed by atoms with van der Waals surface area (Å²) in [7, 11) is 0. The van der Waals surface area contributed by atoms with Gasteiger partial charge in [-0.05, 0) is 37.0 Å². The summed E-state index contributed by atoms with van der Waals surface area (Å²) >= 11 is 0. The van der Waals surface area contributed by atoms with Crippen LogP contribution in [0.15, 0.2) is 42.7 Å². The zero-order valence-corrected chi connectivity index (χ0v) is 14.1. The molecule has 0 unspecified atom stereocenters. The Morgan fingerprint density at radius 1 is 1.17 bits per heavy atom. The molecule has 0 bridgehead atoms. The Bertz CT molecular complexity index is 695. The molecule has 3 heterocycles. The summed E-state index contributed by atoms with van der Waals surface area (Å²) < 4.78 is 1.93. The van der Waals surface area contributed by atoms with Crippen molar-refractivity contribution < 1.29 is 4.79 Å². The maximum atomic E-state index is 12.5. The van der Waals surface area contributed by atoms with Crippen LogP contribution in [0.3, 0.4) is 0 Å². The third-order valence-corrected chi connectivity index (χ3v) is 5.32. The normalized spacial score (nSPS) is 24.4. The Labute approximate surface area is 142 Å². The van der Waals surface area contributed by atoms with Gasteiger partial charge in [0.25, 0.3) is 0 Å². The Morgan fingerprint density at radius 2 is 1.92 bits per heavy atom. The lowest BCUT2D eigenvalue weighted by Crippen LogP contribution is -2.58. The van der Waals surface area contributed by atoms with Gasteiger partial charge in [0.1, 0.15) is 0 Å². The molecule has 24 heavy (non-hydrogen) atoms. The molecule has 2 aromatic rings. The first-order valence-corrected chi connectivity index (χ1v) is 8.80. The Morgan fingerprint density at radius 3 is 2.62 bits per heavy atom. The van der Waals surface area contributed by atoms with E-state index in [-0.39, 0.29) is 6.04 Å². The first-order valence-electron chi connectivity index (χ1n) is 8.80. The van der Waals surface area contributed by atoms with Crippen LogP contribution < -0.4 is 0 Å². The van der Waals surface area contributed by atoms with E-state index in [1.54, 1.807) is 6.20 Å². The van der Waals surface area contributed by atoms with Crippen LogP contribution in [0, 0.1) is 0 Å². The number of rotatable bonds is 4. The SMILES string of the molecule is C[C@@H]1C(=O)N2CCC[C@H]2CN1Cc1ccc(Cn2cccn2)cc1. The highest BCUT2D eigenvalue weighted by molar-refractivity contribution is 5.83. The Hall–Kier alpha value is -2.14. The highest BCUT2D eigenvalue weighted by Crippen LogP contribution is 2.26. The first kappa shape index (κ1) is 15.4. The van der Waals surface area contributed by atoms with Gasteiger partial charge in [0, 0.05) is 38.1 Å². The number of piperazine rings is 1. The molecule has 1 amide bonds. The highest BCUT2D eigenvalue weighted by atomic mass is 16.2. The van der Waals surface area contributed by atoms with E-state index in [0.29, 0.717) is 11.9 Å². The average Bonchev–Trinajstić information content (AvgIpc) is 3.26. The van der Waals surface area contributed by atoms with Crippen LogP contribution in [0.25, 0.3) is 0 Å². The Balaban J connectivity index is 1.42. The van der Waals surface area contributed by atoms with Gasteiger partial charge in [0.15, 0.2) is 0 Å². The number of hydrogen-bond donors (Lipinski definition) is 0. The molecule has 0 N–H and O–H groups in total. The Kier molecular flexibility index (Phi) is 4.10. The quantitative estimate of drug-likeness (QED) is 0.865. The first-order chi connectivity index (χ1) is 11.7. The van der Waals surface area contributed by atoms with Crippen molar-refractivity contribution in [2.75, 3.05) is 13.1 Å². The summed E-state index contributed by atoms with van der Waals surface area (Å²) in [5, 5.41) is 4.24. The highest BCUT2D eigenvalue weighted by Gasteiger charge is 2.39. The smallest absolute Gasteiger partial charge is 0.239 e. The second kappa shape index (κ2) is 6.40. The second-order valence-corrected chi connectivity index (χ2v) is 6.95. The molecular weight excluding hydrogens is 300 g/mol. The van der Waals surface area contributed by atoms with Gasteiger partial charge in [-0.25, -0.2) is 0 Å². The molecule has 2 aliphatic heterocycles. The molecule has 2 aliphatic rings. The van der Waals surface area contributed by atoms with Crippen molar-refractivity contribution in [1.82, 2.24) is 19.6 Å². The zero-order valence-electron chi connectivity index (χ0n) is 14.1. The van der Waals surface area contributed by atoms with E-state index < -0.39 is 0 Å². The van der Waals surface area contributed by atoms with Crippen LogP contribution in [-0.2, 0) is 17.9 Å². The average molecular weight is 324 g/mol. The van der Waals surface area contributed by atoms with E-state index in [0.717, 1.165) is 39.0 Å². The third-order valence-electron chi connectivity index (χ3n) is 5.32. The number of amides is 1. The summed E-state index contributed by atoms with van der Waals surface area (Å²) in [6.07, 6.45) is 6.08. The van der Waals surface area contributed by atoms with Crippen molar-refractivity contribution in [3.63, 3.8) is 0 Å². The van der Waals surface area contributed by atoms with Gasteiger partial charge in [-0.2, -0.15) is 5.10 Å². The summed E-state index contributed by atoms with van der Waals surface area (Å²) in [6, 6.07) is 11.0. The van der Waals surface area contributed by atoms with Gasteiger partial charge in [0.05, 0.1) is 12.6 Å². The van der Waals surface area contributed by atoms with Crippen molar-refractivity contribution in [2.45, 2.75) is 44.9 Å². The van der Waals surface area contributed by atoms with E-state index in [2.05, 4.69) is 39.2 Å². The van der Waals surface area contributed by atoms with Crippen molar-refractivity contribution in [1.29, 1.82) is 0 Å². The molecule has 4 rings (SSSR count). The number of carbonyl (C=O) groups is 1. The van der Waals surface area contributed by atoms with E-state index in [9.17, 15) is 4.79 Å². The predicted octanol–water partition coefficient (Wildman–Crippen LogP) is 2.13. The van der Waals surface area contributed by atoms with Gasteiger partial charge in [0.2, 0.25) is 5.91 Å². The molecule has 1 aromatic carbocycles. The van der Waals surface area contributed by atoms with Crippen molar-refractivity contribution in [3.05, 3.63) is 53.9 Å². The van der Waals surface area contributed by atoms with Crippen LogP contribution in [-0.4, -0.2) is 50.7 Å². The molecule has 2 fully saturated rings. The van der Waals surface area contributed by atoms with Gasteiger partial charge >= 0.3 is 0 Å². The molecule has 5 heteroatoms. The summed E-state index contributed by atoms with van der Waals surface area (Å²) in [5.41, 5.74) is 2.51. The summed E-state index contributed by atoms with van der Waals surface area (Å²) in [6.45, 7) is 5.64. The van der Waals surface area contributed by atoms with Gasteiger partial charge < -0.3 is 4.90 Å². The molecule has 5 nitrogen and oxygen atoms in total. The van der Waals surface area contributed by atoms with Crippen LogP contribution in [0.1, 0.15) is 30.9 Å². The monoisotopic (exact) mass is 324 g/mol. The molecule has 0 radical (unpaired) electrons. The van der Waals surface area contributed by atoms with E-state index in [1.807, 2.05) is 23.9 Å².